The van der Waals surface area contributed by atoms with E-state index in [1.807, 2.05) is 24.3 Å². The van der Waals surface area contributed by atoms with Gasteiger partial charge in [-0.2, -0.15) is 0 Å². The van der Waals surface area contributed by atoms with E-state index in [1.165, 1.54) is 45.5 Å². The maximum atomic E-state index is 13.0. The number of benzene rings is 1. The maximum absolute atomic E-state index is 13.0. The molecule has 9 heteroatoms. The molecule has 2 aromatic rings. The lowest BCUT2D eigenvalue weighted by molar-refractivity contribution is 0.0671. The van der Waals surface area contributed by atoms with Gasteiger partial charge in [0, 0.05) is 37.8 Å². The van der Waals surface area contributed by atoms with E-state index >= 15 is 0 Å². The molecule has 0 unspecified atom stereocenters. The largest absolute Gasteiger partial charge is 0.494 e. The lowest BCUT2D eigenvalue weighted by atomic mass is 9.87. The normalized spacial score (nSPS) is 16.7. The van der Waals surface area contributed by atoms with Gasteiger partial charge in [-0.05, 0) is 30.5 Å². The van der Waals surface area contributed by atoms with Crippen molar-refractivity contribution in [3.05, 3.63) is 42.2 Å². The lowest BCUT2D eigenvalue weighted by Crippen LogP contribution is -2.51. The second-order valence-electron chi connectivity index (χ2n) is 8.82. The quantitative estimate of drug-likeness (QED) is 0.665. The van der Waals surface area contributed by atoms with Gasteiger partial charge in [-0.15, -0.1) is 0 Å². The van der Waals surface area contributed by atoms with Crippen LogP contribution in [0.4, 0.5) is 10.6 Å². The number of nitrogens with zero attached hydrogens (tertiary/aromatic N) is 4. The molecule has 9 nitrogen and oxygen atoms in total. The maximum Gasteiger partial charge on any atom is 0.323 e. The van der Waals surface area contributed by atoms with Crippen LogP contribution in [0.5, 0.6) is 11.6 Å². The molecule has 1 saturated carbocycles. The van der Waals surface area contributed by atoms with Crippen LogP contribution in [0.25, 0.3) is 0 Å². The number of carbonyl (C=O) groups is 2. The first-order valence-electron chi connectivity index (χ1n) is 12.1. The first-order valence-corrected chi connectivity index (χ1v) is 12.1. The molecule has 0 atom stereocenters. The predicted molar refractivity (Wildman–Crippen MR) is 128 cm³/mol. The van der Waals surface area contributed by atoms with Crippen LogP contribution in [-0.4, -0.2) is 71.6 Å². The average molecular weight is 468 g/mol. The highest BCUT2D eigenvalue weighted by Crippen LogP contribution is 2.26. The average Bonchev–Trinajstić information content (AvgIpc) is 2.89. The van der Waals surface area contributed by atoms with Crippen molar-refractivity contribution in [3.8, 4) is 11.6 Å². The van der Waals surface area contributed by atoms with Crippen molar-refractivity contribution in [2.75, 3.05) is 45.2 Å². The van der Waals surface area contributed by atoms with Crippen LogP contribution < -0.4 is 14.8 Å². The fraction of sp³-hybridized carbons (Fsp3) is 0.520. The van der Waals surface area contributed by atoms with Gasteiger partial charge in [0.05, 0.1) is 13.7 Å². The lowest BCUT2D eigenvalue weighted by Gasteiger charge is -2.34. The Morgan fingerprint density at radius 3 is 2.56 bits per heavy atom. The minimum Gasteiger partial charge on any atom is -0.494 e. The zero-order chi connectivity index (χ0) is 23.8. The zero-order valence-corrected chi connectivity index (χ0v) is 19.7. The smallest absolute Gasteiger partial charge is 0.323 e. The fourth-order valence-corrected chi connectivity index (χ4v) is 4.54. The molecule has 2 fully saturated rings. The van der Waals surface area contributed by atoms with E-state index in [1.54, 1.807) is 15.9 Å². The Labute approximate surface area is 200 Å². The highest BCUT2D eigenvalue weighted by molar-refractivity contribution is 5.95. The molecule has 0 radical (unpaired) electrons. The summed E-state index contributed by atoms with van der Waals surface area (Å²) in [4.78, 5) is 37.0. The highest BCUT2D eigenvalue weighted by Gasteiger charge is 2.25. The summed E-state index contributed by atoms with van der Waals surface area (Å²) in [5, 5.41) is 2.75. The summed E-state index contributed by atoms with van der Waals surface area (Å²) in [7, 11) is 1.50. The van der Waals surface area contributed by atoms with Gasteiger partial charge in [-0.3, -0.25) is 10.1 Å². The summed E-state index contributed by atoms with van der Waals surface area (Å²) >= 11 is 0. The number of anilines is 1. The Kier molecular flexibility index (Phi) is 8.17. The molecule has 1 aliphatic carbocycles. The van der Waals surface area contributed by atoms with Crippen LogP contribution in [0.3, 0.4) is 0 Å². The van der Waals surface area contributed by atoms with Gasteiger partial charge < -0.3 is 19.3 Å². The number of methoxy groups -OCH3 is 1. The number of urea groups is 1. The molecule has 0 bridgehead atoms. The molecule has 1 aliphatic heterocycles. The SMILES string of the molecule is COc1cc(NC(=O)N2CCN(C(=O)c3cccc(OCCC4CCCCC4)c3)CC2)ncn1. The summed E-state index contributed by atoms with van der Waals surface area (Å²) in [6.07, 6.45) is 9.04. The zero-order valence-electron chi connectivity index (χ0n) is 19.7. The summed E-state index contributed by atoms with van der Waals surface area (Å²) in [6.45, 7) is 2.50. The monoisotopic (exact) mass is 467 g/mol. The number of rotatable bonds is 7. The van der Waals surface area contributed by atoms with Gasteiger partial charge >= 0.3 is 6.03 Å². The topological polar surface area (TPSA) is 96.9 Å². The Hall–Kier alpha value is -3.36. The van der Waals surface area contributed by atoms with Crippen LogP contribution in [-0.2, 0) is 0 Å². The van der Waals surface area contributed by atoms with E-state index in [0.29, 0.717) is 50.0 Å². The van der Waals surface area contributed by atoms with Gasteiger partial charge in [0.15, 0.2) is 0 Å². The van der Waals surface area contributed by atoms with Crippen LogP contribution in [0, 0.1) is 5.92 Å². The van der Waals surface area contributed by atoms with Crippen molar-refractivity contribution in [1.29, 1.82) is 0 Å². The Morgan fingerprint density at radius 1 is 1.03 bits per heavy atom. The van der Waals surface area contributed by atoms with E-state index in [9.17, 15) is 9.59 Å². The van der Waals surface area contributed by atoms with E-state index in [2.05, 4.69) is 15.3 Å². The molecule has 0 spiro atoms. The summed E-state index contributed by atoms with van der Waals surface area (Å²) in [6, 6.07) is 8.70. The van der Waals surface area contributed by atoms with Crippen LogP contribution in [0.2, 0.25) is 0 Å². The molecule has 34 heavy (non-hydrogen) atoms. The van der Waals surface area contributed by atoms with Crippen LogP contribution >= 0.6 is 0 Å². The molecule has 1 N–H and O–H groups in total. The Bertz CT molecular complexity index is 971. The summed E-state index contributed by atoms with van der Waals surface area (Å²) in [5.74, 6) is 2.21. The molecule has 182 valence electrons. The second kappa shape index (κ2) is 11.7. The minimum atomic E-state index is -0.263. The third-order valence-corrected chi connectivity index (χ3v) is 6.54. The standard InChI is InChI=1S/C25H33N5O4/c1-33-23-17-22(26-18-27-23)28-25(32)30-13-11-29(12-14-30)24(31)20-8-5-9-21(16-20)34-15-10-19-6-3-2-4-7-19/h5,8-9,16-19H,2-4,6-7,10-15H2,1H3,(H,26,27,28,32). The molecule has 4 rings (SSSR count). The van der Waals surface area contributed by atoms with E-state index in [-0.39, 0.29) is 11.9 Å². The van der Waals surface area contributed by atoms with Crippen LogP contribution in [0.1, 0.15) is 48.9 Å². The molecular formula is C25H33N5O4. The summed E-state index contributed by atoms with van der Waals surface area (Å²) in [5.41, 5.74) is 0.612. The number of ether oxygens (including phenoxy) is 2. The fourth-order valence-electron chi connectivity index (χ4n) is 4.54. The molecule has 1 saturated heterocycles. The first kappa shape index (κ1) is 23.8. The van der Waals surface area contributed by atoms with Crippen molar-refractivity contribution in [2.24, 2.45) is 5.92 Å². The minimum absolute atomic E-state index is 0.0432. The molecular weight excluding hydrogens is 434 g/mol. The van der Waals surface area contributed by atoms with Crippen molar-refractivity contribution in [3.63, 3.8) is 0 Å². The van der Waals surface area contributed by atoms with Gasteiger partial charge in [-0.1, -0.05) is 38.2 Å². The van der Waals surface area contributed by atoms with Gasteiger partial charge in [0.2, 0.25) is 5.88 Å². The molecule has 1 aromatic carbocycles. The molecule has 3 amide bonds. The van der Waals surface area contributed by atoms with Gasteiger partial charge in [-0.25, -0.2) is 14.8 Å². The number of hydrogen-bond acceptors (Lipinski definition) is 6. The summed E-state index contributed by atoms with van der Waals surface area (Å²) < 4.78 is 11.0. The number of aromatic nitrogens is 2. The molecule has 1 aromatic heterocycles. The molecule has 2 heterocycles. The Morgan fingerprint density at radius 2 is 1.79 bits per heavy atom. The second-order valence-corrected chi connectivity index (χ2v) is 8.82. The van der Waals surface area contributed by atoms with Crippen LogP contribution in [0.15, 0.2) is 36.7 Å². The Balaban J connectivity index is 1.25. The van der Waals surface area contributed by atoms with Crippen molar-refractivity contribution in [2.45, 2.75) is 38.5 Å². The van der Waals surface area contributed by atoms with Crippen molar-refractivity contribution in [1.82, 2.24) is 19.8 Å². The van der Waals surface area contributed by atoms with E-state index < -0.39 is 0 Å². The number of nitrogens with one attached hydrogen (secondary N) is 1. The van der Waals surface area contributed by atoms with Gasteiger partial charge in [0.1, 0.15) is 17.9 Å². The molecule has 2 aliphatic rings. The van der Waals surface area contributed by atoms with Gasteiger partial charge in [0.25, 0.3) is 5.91 Å². The van der Waals surface area contributed by atoms with E-state index in [0.717, 1.165) is 18.1 Å². The third kappa shape index (κ3) is 6.36. The third-order valence-electron chi connectivity index (χ3n) is 6.54. The number of carbonyl (C=O) groups excluding carboxylic acids is 2. The van der Waals surface area contributed by atoms with Crippen molar-refractivity contribution >= 4 is 17.8 Å². The van der Waals surface area contributed by atoms with E-state index in [4.69, 9.17) is 9.47 Å². The predicted octanol–water partition coefficient (Wildman–Crippen LogP) is 3.82. The first-order chi connectivity index (χ1) is 16.6. The number of amides is 3. The number of piperazine rings is 1. The number of hydrogen-bond donors (Lipinski definition) is 1. The van der Waals surface area contributed by atoms with Crippen molar-refractivity contribution < 1.29 is 19.1 Å². The highest BCUT2D eigenvalue weighted by atomic mass is 16.5.